The maximum absolute atomic E-state index is 11.8. The van der Waals surface area contributed by atoms with Crippen molar-refractivity contribution in [1.82, 2.24) is 5.32 Å². The van der Waals surface area contributed by atoms with E-state index in [0.717, 1.165) is 12.8 Å². The van der Waals surface area contributed by atoms with Gasteiger partial charge < -0.3 is 21.3 Å². The van der Waals surface area contributed by atoms with Crippen LogP contribution in [0, 0.1) is 0 Å². The van der Waals surface area contributed by atoms with Crippen LogP contribution in [-0.2, 0) is 0 Å². The first kappa shape index (κ1) is 10.8. The van der Waals surface area contributed by atoms with Gasteiger partial charge in [0.1, 0.15) is 11.5 Å². The molecule has 1 aromatic carbocycles. The van der Waals surface area contributed by atoms with Crippen molar-refractivity contribution in [3.8, 4) is 11.5 Å². The van der Waals surface area contributed by atoms with Gasteiger partial charge in [-0.3, -0.25) is 4.79 Å². The zero-order chi connectivity index (χ0) is 11.8. The highest BCUT2D eigenvalue weighted by molar-refractivity contribution is 5.95. The van der Waals surface area contributed by atoms with E-state index in [0.29, 0.717) is 6.54 Å². The summed E-state index contributed by atoms with van der Waals surface area (Å²) in [5.74, 6) is -0.598. The van der Waals surface area contributed by atoms with Crippen molar-refractivity contribution < 1.29 is 15.0 Å². The fourth-order valence-corrected chi connectivity index (χ4v) is 1.57. The largest absolute Gasteiger partial charge is 0.508 e. The van der Waals surface area contributed by atoms with Crippen molar-refractivity contribution in [2.75, 3.05) is 6.54 Å². The van der Waals surface area contributed by atoms with E-state index in [1.807, 2.05) is 0 Å². The average molecular weight is 222 g/mol. The molecule has 0 spiro atoms. The normalized spacial score (nSPS) is 16.8. The molecule has 5 nitrogen and oxygen atoms in total. The fourth-order valence-electron chi connectivity index (χ4n) is 1.57. The zero-order valence-corrected chi connectivity index (χ0v) is 8.73. The Bertz CT molecular complexity index is 407. The molecule has 0 aromatic heterocycles. The Morgan fingerprint density at radius 2 is 1.88 bits per heavy atom. The molecule has 1 fully saturated rings. The lowest BCUT2D eigenvalue weighted by atomic mass is 10.1. The first-order valence-electron chi connectivity index (χ1n) is 5.10. The van der Waals surface area contributed by atoms with E-state index < -0.39 is 0 Å². The van der Waals surface area contributed by atoms with Gasteiger partial charge in [-0.25, -0.2) is 0 Å². The topological polar surface area (TPSA) is 95.6 Å². The van der Waals surface area contributed by atoms with Crippen LogP contribution >= 0.6 is 0 Å². The number of amides is 1. The van der Waals surface area contributed by atoms with Gasteiger partial charge in [0.05, 0.1) is 5.54 Å². The Morgan fingerprint density at radius 1 is 1.31 bits per heavy atom. The molecule has 1 aromatic rings. The molecule has 0 saturated heterocycles. The quantitative estimate of drug-likeness (QED) is 0.592. The Morgan fingerprint density at radius 3 is 2.31 bits per heavy atom. The molecule has 1 saturated carbocycles. The highest BCUT2D eigenvalue weighted by Gasteiger charge is 2.42. The molecule has 0 aliphatic heterocycles. The minimum absolute atomic E-state index is 0.136. The highest BCUT2D eigenvalue weighted by Crippen LogP contribution is 2.34. The monoisotopic (exact) mass is 222 g/mol. The summed E-state index contributed by atoms with van der Waals surface area (Å²) in [6, 6.07) is 3.79. The fraction of sp³-hybridized carbons (Fsp3) is 0.364. The molecule has 0 heterocycles. The summed E-state index contributed by atoms with van der Waals surface area (Å²) in [4.78, 5) is 11.8. The van der Waals surface area contributed by atoms with Crippen LogP contribution < -0.4 is 11.1 Å². The molecule has 1 aliphatic carbocycles. The third-order valence-corrected chi connectivity index (χ3v) is 2.79. The van der Waals surface area contributed by atoms with Crippen molar-refractivity contribution in [1.29, 1.82) is 0 Å². The van der Waals surface area contributed by atoms with Crippen LogP contribution in [0.2, 0.25) is 0 Å². The van der Waals surface area contributed by atoms with E-state index in [4.69, 9.17) is 5.73 Å². The number of hydrogen-bond donors (Lipinski definition) is 4. The molecular weight excluding hydrogens is 208 g/mol. The first-order valence-corrected chi connectivity index (χ1v) is 5.10. The first-order chi connectivity index (χ1) is 7.54. The number of carbonyl (C=O) groups is 1. The number of aromatic hydroxyl groups is 2. The second kappa shape index (κ2) is 3.68. The molecule has 1 amide bonds. The van der Waals surface area contributed by atoms with Gasteiger partial charge in [0.25, 0.3) is 5.91 Å². The standard InChI is InChI=1S/C11H14N2O3/c12-6-11(1-2-11)13-10(16)7-3-8(14)5-9(15)4-7/h3-5,14-15H,1-2,6,12H2,(H,13,16). The Labute approximate surface area is 92.9 Å². The van der Waals surface area contributed by atoms with Crippen LogP contribution in [0.15, 0.2) is 18.2 Å². The second-order valence-electron chi connectivity index (χ2n) is 4.18. The average Bonchev–Trinajstić information content (AvgIpc) is 2.97. The molecule has 5 heteroatoms. The van der Waals surface area contributed by atoms with Crippen molar-refractivity contribution in [3.05, 3.63) is 23.8 Å². The van der Waals surface area contributed by atoms with E-state index in [1.54, 1.807) is 0 Å². The molecule has 2 rings (SSSR count). The van der Waals surface area contributed by atoms with Gasteiger partial charge in [0, 0.05) is 18.2 Å². The molecule has 0 bridgehead atoms. The van der Waals surface area contributed by atoms with Gasteiger partial charge in [0.2, 0.25) is 0 Å². The Kier molecular flexibility index (Phi) is 2.47. The van der Waals surface area contributed by atoms with Crippen LogP contribution in [0.1, 0.15) is 23.2 Å². The van der Waals surface area contributed by atoms with Crippen LogP contribution in [-0.4, -0.2) is 28.2 Å². The van der Waals surface area contributed by atoms with Gasteiger partial charge >= 0.3 is 0 Å². The Hall–Kier alpha value is -1.75. The Balaban J connectivity index is 2.14. The van der Waals surface area contributed by atoms with Gasteiger partial charge in [-0.1, -0.05) is 0 Å². The summed E-state index contributed by atoms with van der Waals surface area (Å²) in [6.07, 6.45) is 1.75. The van der Waals surface area contributed by atoms with Gasteiger partial charge in [-0.05, 0) is 25.0 Å². The minimum atomic E-state index is -0.325. The molecular formula is C11H14N2O3. The lowest BCUT2D eigenvalue weighted by Crippen LogP contribution is -2.42. The lowest BCUT2D eigenvalue weighted by molar-refractivity contribution is 0.0932. The molecule has 1 aliphatic rings. The summed E-state index contributed by atoms with van der Waals surface area (Å²) < 4.78 is 0. The minimum Gasteiger partial charge on any atom is -0.508 e. The predicted octanol–water partition coefficient (Wildman–Crippen LogP) is 0.319. The van der Waals surface area contributed by atoms with E-state index in [-0.39, 0.29) is 28.5 Å². The molecule has 0 atom stereocenters. The predicted molar refractivity (Wildman–Crippen MR) is 58.3 cm³/mol. The molecule has 0 radical (unpaired) electrons. The smallest absolute Gasteiger partial charge is 0.252 e. The number of nitrogens with one attached hydrogen (secondary N) is 1. The second-order valence-corrected chi connectivity index (χ2v) is 4.18. The van der Waals surface area contributed by atoms with Crippen molar-refractivity contribution >= 4 is 5.91 Å². The van der Waals surface area contributed by atoms with Gasteiger partial charge in [-0.2, -0.15) is 0 Å². The third-order valence-electron chi connectivity index (χ3n) is 2.79. The van der Waals surface area contributed by atoms with Gasteiger partial charge in [-0.15, -0.1) is 0 Å². The summed E-state index contributed by atoms with van der Waals surface area (Å²) >= 11 is 0. The third kappa shape index (κ3) is 2.09. The van der Waals surface area contributed by atoms with Crippen LogP contribution in [0.5, 0.6) is 11.5 Å². The van der Waals surface area contributed by atoms with Crippen LogP contribution in [0.3, 0.4) is 0 Å². The van der Waals surface area contributed by atoms with Crippen molar-refractivity contribution in [2.45, 2.75) is 18.4 Å². The number of benzene rings is 1. The number of carbonyl (C=O) groups excluding carboxylic acids is 1. The van der Waals surface area contributed by atoms with E-state index in [1.165, 1.54) is 18.2 Å². The molecule has 5 N–H and O–H groups in total. The number of phenols is 2. The molecule has 0 unspecified atom stereocenters. The number of nitrogens with two attached hydrogens (primary N) is 1. The number of rotatable bonds is 3. The highest BCUT2D eigenvalue weighted by atomic mass is 16.3. The van der Waals surface area contributed by atoms with E-state index >= 15 is 0 Å². The number of phenolic OH excluding ortho intramolecular Hbond substituents is 2. The zero-order valence-electron chi connectivity index (χ0n) is 8.73. The maximum Gasteiger partial charge on any atom is 0.252 e. The van der Waals surface area contributed by atoms with E-state index in [2.05, 4.69) is 5.32 Å². The molecule has 86 valence electrons. The summed E-state index contributed by atoms with van der Waals surface area (Å²) in [5, 5.41) is 21.3. The number of hydrogen-bond acceptors (Lipinski definition) is 4. The van der Waals surface area contributed by atoms with Crippen molar-refractivity contribution in [2.24, 2.45) is 5.73 Å². The van der Waals surface area contributed by atoms with Crippen molar-refractivity contribution in [3.63, 3.8) is 0 Å². The summed E-state index contributed by atoms with van der Waals surface area (Å²) in [7, 11) is 0. The van der Waals surface area contributed by atoms with Crippen LogP contribution in [0.4, 0.5) is 0 Å². The summed E-state index contributed by atoms with van der Waals surface area (Å²) in [5.41, 5.74) is 5.50. The molecule has 16 heavy (non-hydrogen) atoms. The lowest BCUT2D eigenvalue weighted by Gasteiger charge is -2.14. The van der Waals surface area contributed by atoms with Crippen LogP contribution in [0.25, 0.3) is 0 Å². The van der Waals surface area contributed by atoms with Gasteiger partial charge in [0.15, 0.2) is 0 Å². The maximum atomic E-state index is 11.8. The SMILES string of the molecule is NCC1(NC(=O)c2cc(O)cc(O)c2)CC1. The summed E-state index contributed by atoms with van der Waals surface area (Å²) in [6.45, 7) is 0.406. The van der Waals surface area contributed by atoms with E-state index in [9.17, 15) is 15.0 Å².